The molecule has 2 aromatic carbocycles. The first-order valence-corrected chi connectivity index (χ1v) is 10.2. The van der Waals surface area contributed by atoms with Gasteiger partial charge in [0.2, 0.25) is 10.0 Å². The summed E-state index contributed by atoms with van der Waals surface area (Å²) in [6.07, 6.45) is 0.787. The number of carbonyl (C=O) groups is 1. The van der Waals surface area contributed by atoms with E-state index in [0.717, 1.165) is 23.4 Å². The number of nitrogens with one attached hydrogen (secondary N) is 1. The number of piperidine rings is 1. The smallest absolute Gasteiger partial charge is 0.279 e. The van der Waals surface area contributed by atoms with E-state index in [-0.39, 0.29) is 19.2 Å². The summed E-state index contributed by atoms with van der Waals surface area (Å²) >= 11 is 0. The minimum atomic E-state index is -4.11. The normalized spacial score (nSPS) is 16.0. The molecule has 0 bridgehead atoms. The Morgan fingerprint density at radius 2 is 1.82 bits per heavy atom. The average Bonchev–Trinajstić information content (AvgIpc) is 2.69. The van der Waals surface area contributed by atoms with Crippen molar-refractivity contribution in [2.24, 2.45) is 0 Å². The van der Waals surface area contributed by atoms with Gasteiger partial charge in [0.25, 0.3) is 5.91 Å². The Balaban J connectivity index is 1.74. The zero-order valence-electron chi connectivity index (χ0n) is 15.3. The van der Waals surface area contributed by atoms with E-state index in [1.165, 1.54) is 15.9 Å². The molecule has 1 aliphatic heterocycles. The molecule has 150 valence electrons. The Hall–Kier alpha value is -2.49. The van der Waals surface area contributed by atoms with Gasteiger partial charge in [-0.25, -0.2) is 18.3 Å². The second-order valence-electron chi connectivity index (χ2n) is 6.59. The van der Waals surface area contributed by atoms with Crippen molar-refractivity contribution in [3.63, 3.8) is 0 Å². The lowest BCUT2D eigenvalue weighted by Crippen LogP contribution is -2.42. The maximum atomic E-state index is 14.0. The Kier molecular flexibility index (Phi) is 5.97. The highest BCUT2D eigenvalue weighted by atomic mass is 32.2. The van der Waals surface area contributed by atoms with Crippen molar-refractivity contribution in [3.05, 3.63) is 59.4 Å². The number of hydroxylamine groups is 1. The third-order valence-electron chi connectivity index (χ3n) is 4.65. The summed E-state index contributed by atoms with van der Waals surface area (Å²) < 4.78 is 47.0. The summed E-state index contributed by atoms with van der Waals surface area (Å²) in [6, 6.07) is 10.9. The van der Waals surface area contributed by atoms with E-state index in [2.05, 4.69) is 0 Å². The van der Waals surface area contributed by atoms with Crippen molar-refractivity contribution in [1.29, 1.82) is 0 Å². The molecule has 0 radical (unpaired) electrons. The number of carbonyl (C=O) groups excluding carboxylic acids is 1. The zero-order chi connectivity index (χ0) is 20.3. The SMILES string of the molecule is Cc1ccc(OC2CCN(S(=O)(=O)c3cccc(F)c3C(=O)NO)CC2)cc1. The second kappa shape index (κ2) is 8.26. The molecule has 0 atom stereocenters. The van der Waals surface area contributed by atoms with Crippen LogP contribution in [0.1, 0.15) is 28.8 Å². The molecule has 3 rings (SSSR count). The summed E-state index contributed by atoms with van der Waals surface area (Å²) in [5, 5.41) is 8.81. The van der Waals surface area contributed by atoms with Crippen LogP contribution in [0, 0.1) is 12.7 Å². The van der Waals surface area contributed by atoms with E-state index in [9.17, 15) is 17.6 Å². The molecule has 1 fully saturated rings. The minimum Gasteiger partial charge on any atom is -0.490 e. The van der Waals surface area contributed by atoms with E-state index in [0.29, 0.717) is 12.8 Å². The van der Waals surface area contributed by atoms with Crippen LogP contribution in [0.4, 0.5) is 4.39 Å². The number of amides is 1. The molecule has 0 aromatic heterocycles. The Morgan fingerprint density at radius 1 is 1.18 bits per heavy atom. The van der Waals surface area contributed by atoms with Gasteiger partial charge in [-0.05, 0) is 44.0 Å². The maximum absolute atomic E-state index is 14.0. The van der Waals surface area contributed by atoms with Gasteiger partial charge in [-0.3, -0.25) is 10.0 Å². The predicted molar refractivity (Wildman–Crippen MR) is 99.2 cm³/mol. The van der Waals surface area contributed by atoms with Crippen LogP contribution in [0.15, 0.2) is 47.4 Å². The number of sulfonamides is 1. The lowest BCUT2D eigenvalue weighted by Gasteiger charge is -2.31. The fraction of sp³-hybridized carbons (Fsp3) is 0.316. The highest BCUT2D eigenvalue weighted by Crippen LogP contribution is 2.27. The van der Waals surface area contributed by atoms with Crippen LogP contribution in [0.3, 0.4) is 0 Å². The van der Waals surface area contributed by atoms with Crippen molar-refractivity contribution in [2.45, 2.75) is 30.8 Å². The number of halogens is 1. The molecule has 0 spiro atoms. The predicted octanol–water partition coefficient (Wildman–Crippen LogP) is 2.49. The first-order valence-electron chi connectivity index (χ1n) is 8.79. The summed E-state index contributed by atoms with van der Waals surface area (Å²) in [4.78, 5) is 11.3. The van der Waals surface area contributed by atoms with E-state index in [1.807, 2.05) is 31.2 Å². The van der Waals surface area contributed by atoms with Gasteiger partial charge < -0.3 is 4.74 Å². The van der Waals surface area contributed by atoms with E-state index in [4.69, 9.17) is 9.94 Å². The average molecular weight is 408 g/mol. The number of ether oxygens (including phenoxy) is 1. The molecule has 2 aromatic rings. The maximum Gasteiger partial charge on any atom is 0.279 e. The van der Waals surface area contributed by atoms with Gasteiger partial charge in [0.1, 0.15) is 17.7 Å². The van der Waals surface area contributed by atoms with Crippen LogP contribution in [0.2, 0.25) is 0 Å². The largest absolute Gasteiger partial charge is 0.490 e. The number of aryl methyl sites for hydroxylation is 1. The van der Waals surface area contributed by atoms with Crippen LogP contribution < -0.4 is 10.2 Å². The molecular weight excluding hydrogens is 387 g/mol. The molecule has 1 saturated heterocycles. The molecule has 0 unspecified atom stereocenters. The molecule has 28 heavy (non-hydrogen) atoms. The number of hydrogen-bond acceptors (Lipinski definition) is 5. The van der Waals surface area contributed by atoms with Crippen LogP contribution in [0.25, 0.3) is 0 Å². The topological polar surface area (TPSA) is 95.9 Å². The fourth-order valence-electron chi connectivity index (χ4n) is 3.13. The number of rotatable bonds is 5. The molecule has 1 amide bonds. The molecule has 0 saturated carbocycles. The first-order chi connectivity index (χ1) is 13.3. The molecule has 0 aliphatic carbocycles. The van der Waals surface area contributed by atoms with Crippen LogP contribution in [0.5, 0.6) is 5.75 Å². The van der Waals surface area contributed by atoms with Crippen molar-refractivity contribution < 1.29 is 27.5 Å². The molecule has 2 N–H and O–H groups in total. The Labute approximate surface area is 162 Å². The number of nitrogens with zero attached hydrogens (tertiary/aromatic N) is 1. The summed E-state index contributed by atoms with van der Waals surface area (Å²) in [6.45, 7) is 2.33. The van der Waals surface area contributed by atoms with Gasteiger partial charge in [0, 0.05) is 13.1 Å². The minimum absolute atomic E-state index is 0.137. The Morgan fingerprint density at radius 3 is 2.43 bits per heavy atom. The third-order valence-corrected chi connectivity index (χ3v) is 6.59. The fourth-order valence-corrected chi connectivity index (χ4v) is 4.80. The van der Waals surface area contributed by atoms with Crippen LogP contribution in [-0.4, -0.2) is 43.0 Å². The van der Waals surface area contributed by atoms with Gasteiger partial charge >= 0.3 is 0 Å². The van der Waals surface area contributed by atoms with Gasteiger partial charge in [0.05, 0.1) is 10.5 Å². The van der Waals surface area contributed by atoms with Crippen molar-refractivity contribution >= 4 is 15.9 Å². The van der Waals surface area contributed by atoms with Crippen molar-refractivity contribution in [1.82, 2.24) is 9.79 Å². The van der Waals surface area contributed by atoms with Crippen LogP contribution >= 0.6 is 0 Å². The van der Waals surface area contributed by atoms with Gasteiger partial charge in [0.15, 0.2) is 0 Å². The number of hydrogen-bond donors (Lipinski definition) is 2. The van der Waals surface area contributed by atoms with E-state index < -0.39 is 32.2 Å². The van der Waals surface area contributed by atoms with E-state index in [1.54, 1.807) is 0 Å². The first kappa shape index (κ1) is 20.2. The van der Waals surface area contributed by atoms with Crippen LogP contribution in [-0.2, 0) is 10.0 Å². The second-order valence-corrected chi connectivity index (χ2v) is 8.49. The summed E-state index contributed by atoms with van der Waals surface area (Å²) in [5.41, 5.74) is 1.71. The lowest BCUT2D eigenvalue weighted by molar-refractivity contribution is 0.0697. The summed E-state index contributed by atoms with van der Waals surface area (Å²) in [5.74, 6) is -1.52. The molecule has 1 aliphatic rings. The zero-order valence-corrected chi connectivity index (χ0v) is 16.1. The van der Waals surface area contributed by atoms with Gasteiger partial charge in [-0.1, -0.05) is 23.8 Å². The van der Waals surface area contributed by atoms with Gasteiger partial charge in [-0.15, -0.1) is 0 Å². The van der Waals surface area contributed by atoms with Crippen molar-refractivity contribution in [2.75, 3.05) is 13.1 Å². The van der Waals surface area contributed by atoms with Crippen molar-refractivity contribution in [3.8, 4) is 5.75 Å². The number of benzene rings is 2. The molecular formula is C19H21FN2O5S. The lowest BCUT2D eigenvalue weighted by atomic mass is 10.1. The molecule has 9 heteroatoms. The van der Waals surface area contributed by atoms with Gasteiger partial charge in [-0.2, -0.15) is 4.31 Å². The monoisotopic (exact) mass is 408 g/mol. The Bertz CT molecular complexity index is 955. The molecule has 1 heterocycles. The highest BCUT2D eigenvalue weighted by molar-refractivity contribution is 7.89. The quantitative estimate of drug-likeness (QED) is 0.585. The third kappa shape index (κ3) is 4.16. The highest BCUT2D eigenvalue weighted by Gasteiger charge is 2.34. The standard InChI is InChI=1S/C19H21FN2O5S/c1-13-5-7-14(8-6-13)27-15-9-11-22(12-10-15)28(25,26)17-4-2-3-16(20)18(17)19(23)21-24/h2-8,15,24H,9-12H2,1H3,(H,21,23). The van der Waals surface area contributed by atoms with E-state index >= 15 is 0 Å². The summed E-state index contributed by atoms with van der Waals surface area (Å²) in [7, 11) is -4.11. The molecule has 7 nitrogen and oxygen atoms in total.